The van der Waals surface area contributed by atoms with Crippen LogP contribution in [0.5, 0.6) is 0 Å². The minimum Gasteiger partial charge on any atom is -0.351 e. The summed E-state index contributed by atoms with van der Waals surface area (Å²) in [4.78, 5) is 18.8. The SMILES string of the molecule is O=C1N=C(N2CCCC2)S/C1=C/c1ccc(Cl)cc1Cl. The molecule has 104 valence electrons. The number of benzene rings is 1. The standard InChI is InChI=1S/C14H12Cl2N2OS/c15-10-4-3-9(11(16)8-10)7-12-13(19)17-14(20-12)18-5-1-2-6-18/h3-4,7-8H,1-2,5-6H2/b12-7+. The van der Waals surface area contributed by atoms with Gasteiger partial charge in [0.15, 0.2) is 5.17 Å². The summed E-state index contributed by atoms with van der Waals surface area (Å²) in [5, 5.41) is 1.92. The molecule has 1 fully saturated rings. The molecule has 0 unspecified atom stereocenters. The van der Waals surface area contributed by atoms with Gasteiger partial charge in [0.05, 0.1) is 4.91 Å². The number of thioether (sulfide) groups is 1. The summed E-state index contributed by atoms with van der Waals surface area (Å²) in [6, 6.07) is 5.23. The Bertz CT molecular complexity index is 622. The van der Waals surface area contributed by atoms with Crippen LogP contribution in [0.2, 0.25) is 10.0 Å². The molecule has 0 aromatic heterocycles. The second kappa shape index (κ2) is 5.80. The predicted molar refractivity (Wildman–Crippen MR) is 85.3 cm³/mol. The molecule has 0 N–H and O–H groups in total. The van der Waals surface area contributed by atoms with Crippen LogP contribution in [-0.2, 0) is 4.79 Å². The Morgan fingerprint density at radius 1 is 1.25 bits per heavy atom. The fourth-order valence-electron chi connectivity index (χ4n) is 2.20. The van der Waals surface area contributed by atoms with Crippen LogP contribution in [0.1, 0.15) is 18.4 Å². The van der Waals surface area contributed by atoms with Gasteiger partial charge in [-0.05, 0) is 48.4 Å². The number of halogens is 2. The highest BCUT2D eigenvalue weighted by molar-refractivity contribution is 8.18. The van der Waals surface area contributed by atoms with Crippen molar-refractivity contribution in [2.24, 2.45) is 4.99 Å². The van der Waals surface area contributed by atoms with E-state index in [4.69, 9.17) is 23.2 Å². The number of carbonyl (C=O) groups excluding carboxylic acids is 1. The van der Waals surface area contributed by atoms with Gasteiger partial charge >= 0.3 is 0 Å². The van der Waals surface area contributed by atoms with Gasteiger partial charge in [-0.25, -0.2) is 0 Å². The van der Waals surface area contributed by atoms with Crippen molar-refractivity contribution in [3.63, 3.8) is 0 Å². The normalized spacial score (nSPS) is 20.9. The van der Waals surface area contributed by atoms with Gasteiger partial charge in [0.2, 0.25) is 0 Å². The van der Waals surface area contributed by atoms with Crippen LogP contribution in [-0.4, -0.2) is 29.1 Å². The highest BCUT2D eigenvalue weighted by Crippen LogP contribution is 2.33. The molecule has 0 bridgehead atoms. The van der Waals surface area contributed by atoms with E-state index in [9.17, 15) is 4.79 Å². The van der Waals surface area contributed by atoms with Gasteiger partial charge in [0.25, 0.3) is 5.91 Å². The number of likely N-dealkylation sites (tertiary alicyclic amines) is 1. The topological polar surface area (TPSA) is 32.7 Å². The van der Waals surface area contributed by atoms with Crippen LogP contribution >= 0.6 is 35.0 Å². The van der Waals surface area contributed by atoms with Crippen LogP contribution in [0.15, 0.2) is 28.1 Å². The quantitative estimate of drug-likeness (QED) is 0.729. The molecular formula is C14H12Cl2N2OS. The molecule has 1 amide bonds. The van der Waals surface area contributed by atoms with E-state index in [1.54, 1.807) is 24.3 Å². The Labute approximate surface area is 131 Å². The molecule has 1 aromatic carbocycles. The smallest absolute Gasteiger partial charge is 0.286 e. The van der Waals surface area contributed by atoms with E-state index in [1.807, 2.05) is 0 Å². The van der Waals surface area contributed by atoms with Crippen molar-refractivity contribution in [3.05, 3.63) is 38.7 Å². The molecule has 0 radical (unpaired) electrons. The summed E-state index contributed by atoms with van der Waals surface area (Å²) >= 11 is 13.4. The van der Waals surface area contributed by atoms with E-state index in [1.165, 1.54) is 11.8 Å². The predicted octanol–water partition coefficient (Wildman–Crippen LogP) is 4.06. The fourth-order valence-corrected chi connectivity index (χ4v) is 3.62. The van der Waals surface area contributed by atoms with Crippen LogP contribution in [0.3, 0.4) is 0 Å². The van der Waals surface area contributed by atoms with Gasteiger partial charge < -0.3 is 4.90 Å². The van der Waals surface area contributed by atoms with Crippen molar-refractivity contribution >= 4 is 52.1 Å². The summed E-state index contributed by atoms with van der Waals surface area (Å²) in [5.41, 5.74) is 0.782. The molecule has 2 aliphatic heterocycles. The van der Waals surface area contributed by atoms with E-state index in [-0.39, 0.29) is 5.91 Å². The third-order valence-electron chi connectivity index (χ3n) is 3.23. The van der Waals surface area contributed by atoms with Crippen molar-refractivity contribution in [2.75, 3.05) is 13.1 Å². The third kappa shape index (κ3) is 2.87. The molecule has 2 heterocycles. The lowest BCUT2D eigenvalue weighted by Crippen LogP contribution is -2.23. The van der Waals surface area contributed by atoms with E-state index in [0.29, 0.717) is 15.0 Å². The van der Waals surface area contributed by atoms with Crippen LogP contribution in [0.4, 0.5) is 0 Å². The molecule has 1 aromatic rings. The van der Waals surface area contributed by atoms with E-state index in [2.05, 4.69) is 9.89 Å². The van der Waals surface area contributed by atoms with Gasteiger partial charge in [0, 0.05) is 23.1 Å². The first-order valence-corrected chi connectivity index (χ1v) is 7.93. The maximum atomic E-state index is 12.0. The van der Waals surface area contributed by atoms with Crippen molar-refractivity contribution in [1.82, 2.24) is 4.90 Å². The lowest BCUT2D eigenvalue weighted by atomic mass is 10.2. The second-order valence-electron chi connectivity index (χ2n) is 4.67. The van der Waals surface area contributed by atoms with E-state index >= 15 is 0 Å². The first kappa shape index (κ1) is 14.0. The number of hydrogen-bond donors (Lipinski definition) is 0. The van der Waals surface area contributed by atoms with Crippen LogP contribution in [0.25, 0.3) is 6.08 Å². The minimum absolute atomic E-state index is 0.192. The van der Waals surface area contributed by atoms with Crippen molar-refractivity contribution in [3.8, 4) is 0 Å². The van der Waals surface area contributed by atoms with Crippen molar-refractivity contribution in [1.29, 1.82) is 0 Å². The van der Waals surface area contributed by atoms with Gasteiger partial charge in [-0.1, -0.05) is 29.3 Å². The number of rotatable bonds is 1. The maximum Gasteiger partial charge on any atom is 0.286 e. The molecule has 6 heteroatoms. The molecule has 0 aliphatic carbocycles. The summed E-state index contributed by atoms with van der Waals surface area (Å²) in [6.07, 6.45) is 4.10. The van der Waals surface area contributed by atoms with Crippen LogP contribution in [0, 0.1) is 0 Å². The van der Waals surface area contributed by atoms with Crippen molar-refractivity contribution < 1.29 is 4.79 Å². The van der Waals surface area contributed by atoms with E-state index < -0.39 is 0 Å². The maximum absolute atomic E-state index is 12.0. The summed E-state index contributed by atoms with van der Waals surface area (Å²) < 4.78 is 0. The molecule has 1 saturated heterocycles. The minimum atomic E-state index is -0.192. The molecule has 0 saturated carbocycles. The largest absolute Gasteiger partial charge is 0.351 e. The molecule has 3 nitrogen and oxygen atoms in total. The number of carbonyl (C=O) groups is 1. The highest BCUT2D eigenvalue weighted by Gasteiger charge is 2.27. The molecular weight excluding hydrogens is 315 g/mol. The van der Waals surface area contributed by atoms with Crippen LogP contribution < -0.4 is 0 Å². The molecule has 3 rings (SSSR count). The number of hydrogen-bond acceptors (Lipinski definition) is 3. The summed E-state index contributed by atoms with van der Waals surface area (Å²) in [5.74, 6) is -0.192. The van der Waals surface area contributed by atoms with E-state index in [0.717, 1.165) is 36.7 Å². The average Bonchev–Trinajstić information content (AvgIpc) is 3.03. The zero-order chi connectivity index (χ0) is 14.1. The molecule has 0 atom stereocenters. The number of nitrogens with zero attached hydrogens (tertiary/aromatic N) is 2. The van der Waals surface area contributed by atoms with Gasteiger partial charge in [0.1, 0.15) is 0 Å². The monoisotopic (exact) mass is 326 g/mol. The molecule has 0 spiro atoms. The number of amides is 1. The van der Waals surface area contributed by atoms with Gasteiger partial charge in [-0.3, -0.25) is 4.79 Å². The Morgan fingerprint density at radius 3 is 2.70 bits per heavy atom. The van der Waals surface area contributed by atoms with Gasteiger partial charge in [-0.2, -0.15) is 4.99 Å². The first-order chi connectivity index (χ1) is 9.63. The molecule has 2 aliphatic rings. The number of aliphatic imine (C=N–C) groups is 1. The lowest BCUT2D eigenvalue weighted by molar-refractivity contribution is -0.113. The number of amidine groups is 1. The first-order valence-electron chi connectivity index (χ1n) is 6.36. The zero-order valence-electron chi connectivity index (χ0n) is 10.6. The summed E-state index contributed by atoms with van der Waals surface area (Å²) in [6.45, 7) is 1.96. The Hall–Kier alpha value is -0.970. The Kier molecular flexibility index (Phi) is 4.06. The molecule has 20 heavy (non-hydrogen) atoms. The highest BCUT2D eigenvalue weighted by atomic mass is 35.5. The zero-order valence-corrected chi connectivity index (χ0v) is 12.9. The lowest BCUT2D eigenvalue weighted by Gasteiger charge is -2.14. The summed E-state index contributed by atoms with van der Waals surface area (Å²) in [7, 11) is 0. The second-order valence-corrected chi connectivity index (χ2v) is 6.52. The van der Waals surface area contributed by atoms with Crippen molar-refractivity contribution in [2.45, 2.75) is 12.8 Å². The Balaban J connectivity index is 1.82. The fraction of sp³-hybridized carbons (Fsp3) is 0.286. The average molecular weight is 327 g/mol. The van der Waals surface area contributed by atoms with Gasteiger partial charge in [-0.15, -0.1) is 0 Å². The third-order valence-corrected chi connectivity index (χ3v) is 4.84. The Morgan fingerprint density at radius 2 is 2.00 bits per heavy atom.